The number of hydrogen-bond acceptors (Lipinski definition) is 9. The van der Waals surface area contributed by atoms with Crippen LogP contribution in [0, 0.1) is 5.92 Å². The summed E-state index contributed by atoms with van der Waals surface area (Å²) in [6, 6.07) is 12.8. The van der Waals surface area contributed by atoms with Gasteiger partial charge in [-0.05, 0) is 36.6 Å². The fraction of sp³-hybridized carbons (Fsp3) is 0.290. The largest absolute Gasteiger partial charge is 0.480 e. The van der Waals surface area contributed by atoms with Crippen molar-refractivity contribution in [1.29, 1.82) is 0 Å². The molecular weight excluding hydrogens is 624 g/mol. The third-order valence-corrected chi connectivity index (χ3v) is 8.51. The van der Waals surface area contributed by atoms with Gasteiger partial charge < -0.3 is 20.5 Å². The van der Waals surface area contributed by atoms with Gasteiger partial charge in [-0.3, -0.25) is 9.59 Å². The lowest BCUT2D eigenvalue weighted by atomic mass is 10.0. The van der Waals surface area contributed by atoms with Crippen molar-refractivity contribution in [3.63, 3.8) is 0 Å². The summed E-state index contributed by atoms with van der Waals surface area (Å²) in [6.45, 7) is 5.00. The number of amides is 2. The van der Waals surface area contributed by atoms with Crippen molar-refractivity contribution >= 4 is 58.0 Å². The van der Waals surface area contributed by atoms with Gasteiger partial charge in [-0.25, -0.2) is 19.6 Å². The van der Waals surface area contributed by atoms with E-state index in [0.717, 1.165) is 21.7 Å². The molecule has 4 aromatic rings. The number of thiazole rings is 2. The van der Waals surface area contributed by atoms with Gasteiger partial charge in [0.2, 0.25) is 11.8 Å². The average Bonchev–Trinajstić information content (AvgIpc) is 3.64. The summed E-state index contributed by atoms with van der Waals surface area (Å²) in [7, 11) is 0. The maximum Gasteiger partial charge on any atom is 0.328 e. The first-order chi connectivity index (χ1) is 21.0. The zero-order valence-electron chi connectivity index (χ0n) is 24.2. The minimum absolute atomic E-state index is 0.00557. The maximum absolute atomic E-state index is 12.6. The number of aromatic nitrogens is 2. The summed E-state index contributed by atoms with van der Waals surface area (Å²) in [4.78, 5) is 57.9. The molecule has 0 unspecified atom stereocenters. The molecule has 2 atom stereocenters. The fourth-order valence-corrected chi connectivity index (χ4v) is 5.98. The van der Waals surface area contributed by atoms with E-state index in [1.54, 1.807) is 49.7 Å². The van der Waals surface area contributed by atoms with Crippen LogP contribution in [0.25, 0.3) is 21.1 Å². The number of carbonyl (C=O) groups excluding carboxylic acids is 3. The van der Waals surface area contributed by atoms with Crippen molar-refractivity contribution in [2.45, 2.75) is 52.3 Å². The number of nitrogens with zero attached hydrogens (tertiary/aromatic N) is 2. The molecule has 0 aliphatic carbocycles. The summed E-state index contributed by atoms with van der Waals surface area (Å²) in [6.07, 6.45) is -0.0223. The number of nitrogens with one attached hydrogen (secondary N) is 2. The lowest BCUT2D eigenvalue weighted by Crippen LogP contribution is -2.44. The summed E-state index contributed by atoms with van der Waals surface area (Å²) in [5.41, 5.74) is 3.48. The van der Waals surface area contributed by atoms with Crippen LogP contribution in [-0.2, 0) is 43.4 Å². The minimum atomic E-state index is -1.08. The summed E-state index contributed by atoms with van der Waals surface area (Å²) < 4.78 is 5.44. The van der Waals surface area contributed by atoms with Crippen LogP contribution in [0.5, 0.6) is 0 Å². The van der Waals surface area contributed by atoms with Crippen LogP contribution in [-0.4, -0.2) is 50.9 Å². The molecule has 0 fully saturated rings. The van der Waals surface area contributed by atoms with Gasteiger partial charge in [-0.1, -0.05) is 55.8 Å². The highest BCUT2D eigenvalue weighted by molar-refractivity contribution is 7.13. The highest BCUT2D eigenvalue weighted by Crippen LogP contribution is 2.27. The van der Waals surface area contributed by atoms with Crippen molar-refractivity contribution in [2.75, 3.05) is 0 Å². The van der Waals surface area contributed by atoms with E-state index in [9.17, 15) is 24.3 Å². The van der Waals surface area contributed by atoms with Gasteiger partial charge >= 0.3 is 11.9 Å². The molecule has 2 amide bonds. The molecule has 3 N–H and O–H groups in total. The molecule has 44 heavy (non-hydrogen) atoms. The van der Waals surface area contributed by atoms with E-state index in [1.807, 2.05) is 30.3 Å². The van der Waals surface area contributed by atoms with Crippen molar-refractivity contribution in [3.8, 4) is 21.1 Å². The number of carbonyl (C=O) groups is 4. The molecule has 0 bridgehead atoms. The van der Waals surface area contributed by atoms with Crippen LogP contribution in [0.4, 0.5) is 0 Å². The Labute approximate surface area is 267 Å². The molecule has 0 spiro atoms. The zero-order chi connectivity index (χ0) is 31.8. The monoisotopic (exact) mass is 654 g/mol. The molecule has 2 aromatic heterocycles. The molecule has 4 rings (SSSR count). The Morgan fingerprint density at radius 3 is 2.00 bits per heavy atom. The number of aliphatic carboxylic acids is 1. The van der Waals surface area contributed by atoms with E-state index in [0.29, 0.717) is 21.4 Å². The summed E-state index contributed by atoms with van der Waals surface area (Å²) >= 11 is 8.82. The zero-order valence-corrected chi connectivity index (χ0v) is 26.6. The van der Waals surface area contributed by atoms with Crippen molar-refractivity contribution < 1.29 is 29.0 Å². The van der Waals surface area contributed by atoms with E-state index >= 15 is 0 Å². The molecular formula is C31H31ClN4O6S2. The van der Waals surface area contributed by atoms with Gasteiger partial charge in [0.1, 0.15) is 28.7 Å². The predicted octanol–water partition coefficient (Wildman–Crippen LogP) is 5.15. The van der Waals surface area contributed by atoms with Crippen LogP contribution < -0.4 is 10.6 Å². The van der Waals surface area contributed by atoms with E-state index in [4.69, 9.17) is 16.3 Å². The minimum Gasteiger partial charge on any atom is -0.480 e. The summed E-state index contributed by atoms with van der Waals surface area (Å²) in [5, 5.41) is 20.1. The Morgan fingerprint density at radius 2 is 1.43 bits per heavy atom. The van der Waals surface area contributed by atoms with Crippen molar-refractivity contribution in [1.82, 2.24) is 20.6 Å². The van der Waals surface area contributed by atoms with Crippen LogP contribution in [0.2, 0.25) is 5.02 Å². The van der Waals surface area contributed by atoms with Gasteiger partial charge in [-0.2, -0.15) is 0 Å². The SMILES string of the molecule is CC(C)[C@@H](NC(=O)Cc1csc(-c2cccc(COC(=O)[C@@H](C)NC(=O)Cc3csc(-c4cccc(Cl)c4)n3)c2)n1)C(=O)O. The highest BCUT2D eigenvalue weighted by Gasteiger charge is 2.24. The fourth-order valence-electron chi connectivity index (χ4n) is 4.16. The Kier molecular flexibility index (Phi) is 11.2. The van der Waals surface area contributed by atoms with Crippen LogP contribution >= 0.6 is 34.3 Å². The normalized spacial score (nSPS) is 12.4. The number of carboxylic acid groups (broad SMARTS) is 1. The first-order valence-corrected chi connectivity index (χ1v) is 15.8. The Morgan fingerprint density at radius 1 is 0.864 bits per heavy atom. The first kappa shape index (κ1) is 32.8. The molecule has 230 valence electrons. The predicted molar refractivity (Wildman–Crippen MR) is 169 cm³/mol. The lowest BCUT2D eigenvalue weighted by molar-refractivity contribution is -0.148. The molecule has 10 nitrogen and oxygen atoms in total. The number of esters is 1. The number of rotatable bonds is 13. The molecule has 0 aliphatic rings. The maximum atomic E-state index is 12.6. The van der Waals surface area contributed by atoms with E-state index in [-0.39, 0.29) is 31.3 Å². The number of carboxylic acids is 1. The van der Waals surface area contributed by atoms with Gasteiger partial charge in [0.25, 0.3) is 0 Å². The number of halogens is 1. The van der Waals surface area contributed by atoms with Crippen molar-refractivity contribution in [3.05, 3.63) is 81.3 Å². The molecule has 13 heteroatoms. The van der Waals surface area contributed by atoms with E-state index in [1.165, 1.54) is 22.7 Å². The molecule has 0 aliphatic heterocycles. The number of hydrogen-bond donors (Lipinski definition) is 3. The van der Waals surface area contributed by atoms with Gasteiger partial charge in [-0.15, -0.1) is 22.7 Å². The Balaban J connectivity index is 1.26. The second-order valence-corrected chi connectivity index (χ2v) is 12.5. The number of ether oxygens (including phenoxy) is 1. The van der Waals surface area contributed by atoms with Crippen LogP contribution in [0.3, 0.4) is 0 Å². The molecule has 0 saturated heterocycles. The van der Waals surface area contributed by atoms with Gasteiger partial charge in [0.05, 0.1) is 24.2 Å². The van der Waals surface area contributed by atoms with E-state index in [2.05, 4.69) is 20.6 Å². The average molecular weight is 655 g/mol. The quantitative estimate of drug-likeness (QED) is 0.168. The molecule has 0 saturated carbocycles. The first-order valence-electron chi connectivity index (χ1n) is 13.7. The standard InChI is InChI=1S/C31H31ClN4O6S2/c1-17(2)27(30(39)40)36-26(38)13-24-16-43-28(34-24)20-7-4-6-19(10-20)14-42-31(41)18(3)33-25(37)12-23-15-44-29(35-23)21-8-5-9-22(32)11-21/h4-11,15-18,27H,12-14H2,1-3H3,(H,33,37)(H,36,38)(H,39,40)/t18-,27-/m1/s1. The van der Waals surface area contributed by atoms with Gasteiger partial charge in [0.15, 0.2) is 0 Å². The topological polar surface area (TPSA) is 148 Å². The number of benzene rings is 2. The molecule has 2 aromatic carbocycles. The van der Waals surface area contributed by atoms with Crippen molar-refractivity contribution in [2.24, 2.45) is 5.92 Å². The third-order valence-electron chi connectivity index (χ3n) is 6.39. The second kappa shape index (κ2) is 15.0. The smallest absolute Gasteiger partial charge is 0.328 e. The van der Waals surface area contributed by atoms with Crippen LogP contribution in [0.1, 0.15) is 37.7 Å². The van der Waals surface area contributed by atoms with Gasteiger partial charge in [0, 0.05) is 26.9 Å². The summed E-state index contributed by atoms with van der Waals surface area (Å²) in [5.74, 6) is -2.68. The molecule has 0 radical (unpaired) electrons. The molecule has 2 heterocycles. The highest BCUT2D eigenvalue weighted by atomic mass is 35.5. The van der Waals surface area contributed by atoms with Crippen LogP contribution in [0.15, 0.2) is 59.3 Å². The third kappa shape index (κ3) is 9.18. The Bertz CT molecular complexity index is 1650. The second-order valence-electron chi connectivity index (χ2n) is 10.4. The van der Waals surface area contributed by atoms with E-state index < -0.39 is 29.9 Å². The lowest BCUT2D eigenvalue weighted by Gasteiger charge is -2.17. The Hall–Kier alpha value is -4.13.